The summed E-state index contributed by atoms with van der Waals surface area (Å²) in [6.07, 6.45) is 0. The van der Waals surface area contributed by atoms with E-state index in [1.165, 1.54) is 11.1 Å². The maximum absolute atomic E-state index is 6.17. The zero-order chi connectivity index (χ0) is 18.3. The fraction of sp³-hybridized carbons (Fsp3) is 0.455. The van der Waals surface area contributed by atoms with Gasteiger partial charge in [0.05, 0.1) is 0 Å². The third-order valence-corrected chi connectivity index (χ3v) is 5.09. The predicted octanol–water partition coefficient (Wildman–Crippen LogP) is 4.38. The summed E-state index contributed by atoms with van der Waals surface area (Å²) < 4.78 is 6.17. The highest BCUT2D eigenvalue weighted by Crippen LogP contribution is 2.34. The smallest absolute Gasteiger partial charge is 0.124 e. The molecule has 0 saturated carbocycles. The predicted molar refractivity (Wildman–Crippen MR) is 106 cm³/mol. The van der Waals surface area contributed by atoms with Gasteiger partial charge in [-0.3, -0.25) is 4.90 Å². The molecule has 0 aromatic heterocycles. The van der Waals surface area contributed by atoms with Crippen molar-refractivity contribution in [3.8, 4) is 5.75 Å². The van der Waals surface area contributed by atoms with Crippen molar-refractivity contribution in [1.29, 1.82) is 0 Å². The molecule has 2 rings (SSSR count). The van der Waals surface area contributed by atoms with E-state index in [9.17, 15) is 0 Å². The molecular formula is C22H32N2O. The Kier molecular flexibility index (Phi) is 7.03. The van der Waals surface area contributed by atoms with Crippen LogP contribution in [0.15, 0.2) is 54.6 Å². The van der Waals surface area contributed by atoms with Gasteiger partial charge in [-0.05, 0) is 46.1 Å². The van der Waals surface area contributed by atoms with E-state index in [4.69, 9.17) is 4.74 Å². The minimum absolute atomic E-state index is 0.0954. The molecule has 0 spiro atoms. The van der Waals surface area contributed by atoms with Gasteiger partial charge in [0.25, 0.3) is 0 Å². The van der Waals surface area contributed by atoms with Crippen LogP contribution in [-0.4, -0.2) is 43.5 Å². The molecule has 0 aliphatic rings. The van der Waals surface area contributed by atoms with Crippen molar-refractivity contribution in [3.63, 3.8) is 0 Å². The van der Waals surface area contributed by atoms with E-state index in [0.29, 0.717) is 6.61 Å². The lowest BCUT2D eigenvalue weighted by Gasteiger charge is -2.38. The second-order valence-electron chi connectivity index (χ2n) is 7.15. The average molecular weight is 341 g/mol. The molecule has 3 nitrogen and oxygen atoms in total. The molecule has 0 amide bonds. The van der Waals surface area contributed by atoms with Crippen molar-refractivity contribution in [3.05, 3.63) is 65.7 Å². The van der Waals surface area contributed by atoms with Crippen LogP contribution in [0.3, 0.4) is 0 Å². The molecule has 0 unspecified atom stereocenters. The maximum atomic E-state index is 6.17. The summed E-state index contributed by atoms with van der Waals surface area (Å²) in [5.74, 6) is 0.965. The molecular weight excluding hydrogens is 308 g/mol. The summed E-state index contributed by atoms with van der Waals surface area (Å²) in [6, 6.07) is 18.7. The van der Waals surface area contributed by atoms with E-state index in [1.807, 2.05) is 24.3 Å². The maximum Gasteiger partial charge on any atom is 0.124 e. The van der Waals surface area contributed by atoms with E-state index >= 15 is 0 Å². The Bertz CT molecular complexity index is 639. The molecule has 0 aliphatic carbocycles. The minimum atomic E-state index is -0.0954. The molecule has 136 valence electrons. The van der Waals surface area contributed by atoms with Gasteiger partial charge >= 0.3 is 0 Å². The molecule has 3 heteroatoms. The normalized spacial score (nSPS) is 12.0. The van der Waals surface area contributed by atoms with E-state index in [-0.39, 0.29) is 5.54 Å². The second-order valence-corrected chi connectivity index (χ2v) is 7.15. The van der Waals surface area contributed by atoms with Gasteiger partial charge in [-0.1, -0.05) is 55.5 Å². The van der Waals surface area contributed by atoms with E-state index in [1.54, 1.807) is 0 Å². The molecule has 0 bridgehead atoms. The first-order valence-corrected chi connectivity index (χ1v) is 9.11. The number of para-hydroxylation sites is 1. The molecule has 0 aliphatic heterocycles. The first-order chi connectivity index (χ1) is 11.9. The van der Waals surface area contributed by atoms with E-state index < -0.39 is 0 Å². The fourth-order valence-electron chi connectivity index (χ4n) is 2.80. The lowest BCUT2D eigenvalue weighted by molar-refractivity contribution is 0.134. The summed E-state index contributed by atoms with van der Waals surface area (Å²) in [5, 5.41) is 0. The summed E-state index contributed by atoms with van der Waals surface area (Å²) in [5.41, 5.74) is 2.32. The van der Waals surface area contributed by atoms with Crippen LogP contribution in [-0.2, 0) is 12.1 Å². The standard InChI is InChI=1S/C22H32N2O/c1-6-23(4)16-17-24(5)22(2,3)20-14-10-11-15-21(20)25-18-19-12-8-7-9-13-19/h7-15H,6,16-18H2,1-5H3. The highest BCUT2D eigenvalue weighted by molar-refractivity contribution is 5.38. The third-order valence-electron chi connectivity index (χ3n) is 5.09. The van der Waals surface area contributed by atoms with Crippen LogP contribution in [0.5, 0.6) is 5.75 Å². The van der Waals surface area contributed by atoms with Gasteiger partial charge < -0.3 is 9.64 Å². The quantitative estimate of drug-likeness (QED) is 0.673. The fourth-order valence-corrected chi connectivity index (χ4v) is 2.80. The molecule has 0 heterocycles. The molecule has 2 aromatic carbocycles. The van der Waals surface area contributed by atoms with Crippen molar-refractivity contribution < 1.29 is 4.74 Å². The van der Waals surface area contributed by atoms with Crippen LogP contribution in [0.2, 0.25) is 0 Å². The van der Waals surface area contributed by atoms with Crippen molar-refractivity contribution in [2.45, 2.75) is 32.9 Å². The van der Waals surface area contributed by atoms with Crippen molar-refractivity contribution in [2.75, 3.05) is 33.7 Å². The lowest BCUT2D eigenvalue weighted by Crippen LogP contribution is -2.42. The number of likely N-dealkylation sites (N-methyl/N-ethyl adjacent to an activating group) is 2. The van der Waals surface area contributed by atoms with Crippen molar-refractivity contribution in [1.82, 2.24) is 9.80 Å². The van der Waals surface area contributed by atoms with E-state index in [2.05, 4.69) is 75.0 Å². The Morgan fingerprint density at radius 3 is 2.20 bits per heavy atom. The highest BCUT2D eigenvalue weighted by Gasteiger charge is 2.28. The van der Waals surface area contributed by atoms with Crippen LogP contribution in [0.4, 0.5) is 0 Å². The van der Waals surface area contributed by atoms with Crippen LogP contribution < -0.4 is 4.74 Å². The van der Waals surface area contributed by atoms with Gasteiger partial charge in [0.1, 0.15) is 12.4 Å². The number of benzene rings is 2. The van der Waals surface area contributed by atoms with Crippen LogP contribution in [0, 0.1) is 0 Å². The van der Waals surface area contributed by atoms with E-state index in [0.717, 1.165) is 25.4 Å². The molecule has 0 N–H and O–H groups in total. The summed E-state index contributed by atoms with van der Waals surface area (Å²) >= 11 is 0. The highest BCUT2D eigenvalue weighted by atomic mass is 16.5. The van der Waals surface area contributed by atoms with Crippen LogP contribution in [0.1, 0.15) is 31.9 Å². The molecule has 0 fully saturated rings. The Morgan fingerprint density at radius 1 is 0.880 bits per heavy atom. The number of hydrogen-bond acceptors (Lipinski definition) is 3. The average Bonchev–Trinajstić information content (AvgIpc) is 2.65. The Balaban J connectivity index is 2.11. The molecule has 0 atom stereocenters. The largest absolute Gasteiger partial charge is 0.489 e. The third kappa shape index (κ3) is 5.32. The van der Waals surface area contributed by atoms with Gasteiger partial charge in [0.2, 0.25) is 0 Å². The SMILES string of the molecule is CCN(C)CCN(C)C(C)(C)c1ccccc1OCc1ccccc1. The van der Waals surface area contributed by atoms with Gasteiger partial charge in [0, 0.05) is 24.2 Å². The number of nitrogens with zero attached hydrogens (tertiary/aromatic N) is 2. The number of ether oxygens (including phenoxy) is 1. The second kappa shape index (κ2) is 9.02. The van der Waals surface area contributed by atoms with Gasteiger partial charge in [-0.2, -0.15) is 0 Å². The monoisotopic (exact) mass is 340 g/mol. The number of hydrogen-bond donors (Lipinski definition) is 0. The zero-order valence-electron chi connectivity index (χ0n) is 16.3. The Morgan fingerprint density at radius 2 is 1.52 bits per heavy atom. The van der Waals surface area contributed by atoms with Crippen molar-refractivity contribution in [2.24, 2.45) is 0 Å². The van der Waals surface area contributed by atoms with Gasteiger partial charge in [-0.25, -0.2) is 0 Å². The molecule has 2 aromatic rings. The van der Waals surface area contributed by atoms with Crippen LogP contribution in [0.25, 0.3) is 0 Å². The van der Waals surface area contributed by atoms with Gasteiger partial charge in [0.15, 0.2) is 0 Å². The van der Waals surface area contributed by atoms with Gasteiger partial charge in [-0.15, -0.1) is 0 Å². The summed E-state index contributed by atoms with van der Waals surface area (Å²) in [4.78, 5) is 4.74. The Labute approximate surface area is 153 Å². The molecule has 0 radical (unpaired) electrons. The zero-order valence-corrected chi connectivity index (χ0v) is 16.3. The summed E-state index contributed by atoms with van der Waals surface area (Å²) in [6.45, 7) is 10.5. The topological polar surface area (TPSA) is 15.7 Å². The number of rotatable bonds is 9. The Hall–Kier alpha value is -1.84. The first kappa shape index (κ1) is 19.5. The summed E-state index contributed by atoms with van der Waals surface area (Å²) in [7, 11) is 4.36. The molecule has 0 saturated heterocycles. The van der Waals surface area contributed by atoms with Crippen LogP contribution >= 0.6 is 0 Å². The lowest BCUT2D eigenvalue weighted by atomic mass is 9.91. The van der Waals surface area contributed by atoms with Crippen molar-refractivity contribution >= 4 is 0 Å². The molecule has 25 heavy (non-hydrogen) atoms. The first-order valence-electron chi connectivity index (χ1n) is 9.11. The minimum Gasteiger partial charge on any atom is -0.489 e.